The number of hydrogen-bond donors (Lipinski definition) is 1. The SMILES string of the molecule is CCCn1nc(NC2[C@@H]3CC[C@H]2CN(c2ccnc(Cl)c2)C3)nc1Oc1cccc(Cl)c1. The molecule has 1 saturated heterocycles. The van der Waals surface area contributed by atoms with Crippen molar-refractivity contribution in [2.24, 2.45) is 11.8 Å². The monoisotopic (exact) mass is 472 g/mol. The predicted octanol–water partition coefficient (Wildman–Crippen LogP) is 5.51. The molecule has 1 aliphatic heterocycles. The maximum absolute atomic E-state index is 6.11. The third-order valence-corrected chi connectivity index (χ3v) is 6.73. The van der Waals surface area contributed by atoms with Crippen LogP contribution in [0.15, 0.2) is 42.6 Å². The van der Waals surface area contributed by atoms with Gasteiger partial charge in [0.15, 0.2) is 0 Å². The second-order valence-corrected chi connectivity index (χ2v) is 9.33. The minimum Gasteiger partial charge on any atom is -0.424 e. The molecule has 2 bridgehead atoms. The average molecular weight is 473 g/mol. The van der Waals surface area contributed by atoms with Crippen LogP contribution in [0.3, 0.4) is 0 Å². The highest BCUT2D eigenvalue weighted by molar-refractivity contribution is 6.30. The Bertz CT molecular complexity index is 1080. The van der Waals surface area contributed by atoms with Gasteiger partial charge in [0, 0.05) is 42.6 Å². The number of aryl methyl sites for hydroxylation is 1. The summed E-state index contributed by atoms with van der Waals surface area (Å²) in [4.78, 5) is 11.2. The van der Waals surface area contributed by atoms with Gasteiger partial charge < -0.3 is 15.0 Å². The molecule has 168 valence electrons. The van der Waals surface area contributed by atoms with Crippen molar-refractivity contribution in [2.45, 2.75) is 38.8 Å². The normalized spacial score (nSPS) is 22.2. The van der Waals surface area contributed by atoms with Gasteiger partial charge >= 0.3 is 6.01 Å². The van der Waals surface area contributed by atoms with Crippen LogP contribution in [-0.4, -0.2) is 38.9 Å². The third kappa shape index (κ3) is 4.50. The number of pyridine rings is 1. The molecule has 1 aliphatic carbocycles. The van der Waals surface area contributed by atoms with Gasteiger partial charge in [0.2, 0.25) is 5.95 Å². The number of fused-ring (bicyclic) bond motifs is 2. The van der Waals surface area contributed by atoms with Crippen LogP contribution in [0, 0.1) is 11.8 Å². The summed E-state index contributed by atoms with van der Waals surface area (Å²) in [6.07, 6.45) is 5.10. The zero-order valence-corrected chi connectivity index (χ0v) is 19.4. The van der Waals surface area contributed by atoms with Crippen LogP contribution in [0.4, 0.5) is 11.6 Å². The number of ether oxygens (including phenoxy) is 1. The lowest BCUT2D eigenvalue weighted by atomic mass is 9.92. The standard InChI is InChI=1S/C23H26Cl2N6O/c1-2-10-31-23(32-19-5-3-4-17(24)11-19)28-22(29-31)27-21-15-6-7-16(21)14-30(13-15)18-8-9-26-20(25)12-18/h3-5,8-9,11-12,15-16,21H,2,6-7,10,13-14H2,1H3,(H,27,29)/t15-,16+,21?. The fourth-order valence-corrected chi connectivity index (χ4v) is 5.21. The Labute approximate surface area is 197 Å². The Morgan fingerprint density at radius 1 is 1.12 bits per heavy atom. The number of rotatable bonds is 7. The second kappa shape index (κ2) is 9.16. The number of halogens is 2. The minimum atomic E-state index is 0.347. The molecule has 0 radical (unpaired) electrons. The van der Waals surface area contributed by atoms with E-state index in [1.165, 1.54) is 12.8 Å². The molecule has 1 N–H and O–H groups in total. The van der Waals surface area contributed by atoms with E-state index in [9.17, 15) is 0 Å². The predicted molar refractivity (Wildman–Crippen MR) is 127 cm³/mol. The molecule has 1 unspecified atom stereocenters. The summed E-state index contributed by atoms with van der Waals surface area (Å²) >= 11 is 12.2. The molecule has 9 heteroatoms. The van der Waals surface area contributed by atoms with Gasteiger partial charge in [-0.25, -0.2) is 9.67 Å². The summed E-state index contributed by atoms with van der Waals surface area (Å²) < 4.78 is 7.83. The van der Waals surface area contributed by atoms with Gasteiger partial charge in [0.05, 0.1) is 0 Å². The average Bonchev–Trinajstić information content (AvgIpc) is 3.23. The number of aromatic nitrogens is 4. The fourth-order valence-electron chi connectivity index (χ4n) is 4.86. The lowest BCUT2D eigenvalue weighted by molar-refractivity contribution is 0.376. The van der Waals surface area contributed by atoms with E-state index in [2.05, 4.69) is 27.1 Å². The van der Waals surface area contributed by atoms with Crippen molar-refractivity contribution in [3.63, 3.8) is 0 Å². The Balaban J connectivity index is 1.31. The van der Waals surface area contributed by atoms with E-state index in [0.717, 1.165) is 31.7 Å². The van der Waals surface area contributed by atoms with Crippen LogP contribution < -0.4 is 15.0 Å². The largest absolute Gasteiger partial charge is 0.424 e. The van der Waals surface area contributed by atoms with E-state index in [0.29, 0.717) is 45.8 Å². The van der Waals surface area contributed by atoms with Gasteiger partial charge in [-0.2, -0.15) is 4.98 Å². The van der Waals surface area contributed by atoms with Gasteiger partial charge in [-0.05, 0) is 61.4 Å². The molecule has 2 aromatic heterocycles. The molecule has 3 atom stereocenters. The first kappa shape index (κ1) is 21.3. The Hall–Kier alpha value is -2.51. The van der Waals surface area contributed by atoms with Crippen LogP contribution >= 0.6 is 23.2 Å². The smallest absolute Gasteiger partial charge is 0.322 e. The van der Waals surface area contributed by atoms with E-state index in [1.807, 2.05) is 35.0 Å². The van der Waals surface area contributed by atoms with Gasteiger partial charge in [-0.15, -0.1) is 5.10 Å². The van der Waals surface area contributed by atoms with Gasteiger partial charge in [0.25, 0.3) is 0 Å². The number of nitrogens with zero attached hydrogens (tertiary/aromatic N) is 5. The quantitative estimate of drug-likeness (QED) is 0.457. The molecule has 1 aromatic carbocycles. The Morgan fingerprint density at radius 2 is 1.94 bits per heavy atom. The summed E-state index contributed by atoms with van der Waals surface area (Å²) in [6.45, 7) is 4.81. The van der Waals surface area contributed by atoms with E-state index in [1.54, 1.807) is 12.3 Å². The summed E-state index contributed by atoms with van der Waals surface area (Å²) in [5.41, 5.74) is 1.14. The number of nitrogens with one attached hydrogen (secondary N) is 1. The number of anilines is 2. The van der Waals surface area contributed by atoms with Crippen molar-refractivity contribution in [2.75, 3.05) is 23.3 Å². The molecule has 7 nitrogen and oxygen atoms in total. The van der Waals surface area contributed by atoms with Crippen LogP contribution in [0.2, 0.25) is 10.2 Å². The highest BCUT2D eigenvalue weighted by atomic mass is 35.5. The molecule has 3 heterocycles. The summed E-state index contributed by atoms with van der Waals surface area (Å²) in [5, 5.41) is 9.49. The first-order valence-corrected chi connectivity index (χ1v) is 11.9. The molecule has 0 amide bonds. The maximum atomic E-state index is 6.11. The second-order valence-electron chi connectivity index (χ2n) is 8.51. The Kier molecular flexibility index (Phi) is 6.11. The molecule has 1 saturated carbocycles. The molecule has 3 aromatic rings. The fraction of sp³-hybridized carbons (Fsp3) is 0.435. The van der Waals surface area contributed by atoms with Crippen LogP contribution in [0.5, 0.6) is 11.8 Å². The highest BCUT2D eigenvalue weighted by Gasteiger charge is 2.42. The molecule has 2 aliphatic rings. The lowest BCUT2D eigenvalue weighted by Gasteiger charge is -2.39. The molecular weight excluding hydrogens is 447 g/mol. The molecular formula is C23H26Cl2N6O. The van der Waals surface area contributed by atoms with Crippen molar-refractivity contribution >= 4 is 34.8 Å². The van der Waals surface area contributed by atoms with Gasteiger partial charge in [-0.3, -0.25) is 0 Å². The first-order valence-electron chi connectivity index (χ1n) is 11.1. The summed E-state index contributed by atoms with van der Waals surface area (Å²) in [6, 6.07) is 12.1. The number of hydrogen-bond acceptors (Lipinski definition) is 6. The molecule has 32 heavy (non-hydrogen) atoms. The van der Waals surface area contributed by atoms with Crippen LogP contribution in [-0.2, 0) is 6.54 Å². The minimum absolute atomic E-state index is 0.347. The number of piperidine rings is 1. The summed E-state index contributed by atoms with van der Waals surface area (Å²) in [7, 11) is 0. The molecule has 2 fully saturated rings. The van der Waals surface area contributed by atoms with E-state index >= 15 is 0 Å². The lowest BCUT2D eigenvalue weighted by Crippen LogP contribution is -2.48. The Morgan fingerprint density at radius 3 is 2.66 bits per heavy atom. The molecule has 5 rings (SSSR count). The van der Waals surface area contributed by atoms with Gasteiger partial charge in [0.1, 0.15) is 10.9 Å². The maximum Gasteiger partial charge on any atom is 0.322 e. The highest BCUT2D eigenvalue weighted by Crippen LogP contribution is 2.40. The van der Waals surface area contributed by atoms with Crippen molar-refractivity contribution in [1.82, 2.24) is 19.7 Å². The van der Waals surface area contributed by atoms with E-state index in [-0.39, 0.29) is 0 Å². The first-order chi connectivity index (χ1) is 15.6. The molecule has 0 spiro atoms. The zero-order valence-electron chi connectivity index (χ0n) is 17.9. The van der Waals surface area contributed by atoms with Crippen molar-refractivity contribution < 1.29 is 4.74 Å². The van der Waals surface area contributed by atoms with Gasteiger partial charge in [-0.1, -0.05) is 36.2 Å². The van der Waals surface area contributed by atoms with Crippen molar-refractivity contribution in [3.05, 3.63) is 52.8 Å². The van der Waals surface area contributed by atoms with Crippen LogP contribution in [0.1, 0.15) is 26.2 Å². The van der Waals surface area contributed by atoms with Crippen molar-refractivity contribution in [3.8, 4) is 11.8 Å². The van der Waals surface area contributed by atoms with Crippen molar-refractivity contribution in [1.29, 1.82) is 0 Å². The van der Waals surface area contributed by atoms with Crippen LogP contribution in [0.25, 0.3) is 0 Å². The van der Waals surface area contributed by atoms with E-state index < -0.39 is 0 Å². The topological polar surface area (TPSA) is 68.1 Å². The summed E-state index contributed by atoms with van der Waals surface area (Å²) in [5.74, 6) is 2.32. The van der Waals surface area contributed by atoms with E-state index in [4.69, 9.17) is 33.0 Å². The third-order valence-electron chi connectivity index (χ3n) is 6.28. The number of benzene rings is 1. The zero-order chi connectivity index (χ0) is 22.1.